The third kappa shape index (κ3) is 3.95. The second kappa shape index (κ2) is 8.82. The van der Waals surface area contributed by atoms with E-state index in [0.29, 0.717) is 17.0 Å². The third-order valence-electron chi connectivity index (χ3n) is 4.51. The van der Waals surface area contributed by atoms with Crippen LogP contribution in [0.1, 0.15) is 33.7 Å². The van der Waals surface area contributed by atoms with Crippen LogP contribution in [-0.2, 0) is 0 Å². The van der Waals surface area contributed by atoms with Crippen LogP contribution in [-0.4, -0.2) is 25.7 Å². The van der Waals surface area contributed by atoms with Gasteiger partial charge in [0.25, 0.3) is 12.3 Å². The average molecular weight is 471 g/mol. The van der Waals surface area contributed by atoms with E-state index in [1.165, 1.54) is 19.2 Å². The van der Waals surface area contributed by atoms with Crippen LogP contribution in [0.4, 0.5) is 13.9 Å². The molecule has 0 atom stereocenters. The smallest absolute Gasteiger partial charge is 0.281 e. The van der Waals surface area contributed by atoms with Crippen LogP contribution in [0.2, 0.25) is 5.02 Å². The van der Waals surface area contributed by atoms with E-state index in [1.54, 1.807) is 35.7 Å². The highest BCUT2D eigenvalue weighted by Crippen LogP contribution is 2.32. The van der Waals surface area contributed by atoms with E-state index in [0.717, 1.165) is 16.0 Å². The van der Waals surface area contributed by atoms with E-state index in [2.05, 4.69) is 20.4 Å². The van der Waals surface area contributed by atoms with Crippen molar-refractivity contribution in [1.82, 2.24) is 19.7 Å². The number of benzene rings is 1. The predicted molar refractivity (Wildman–Crippen MR) is 116 cm³/mol. The Morgan fingerprint density at radius 3 is 2.78 bits per heavy atom. The molecule has 0 fully saturated rings. The van der Waals surface area contributed by atoms with Crippen molar-refractivity contribution >= 4 is 34.0 Å². The Hall–Kier alpha value is -3.68. The third-order valence-corrected chi connectivity index (χ3v) is 5.58. The molecule has 0 saturated carbocycles. The molecule has 1 N–H and O–H groups in total. The standard InChI is InChI=1S/C21H13ClF2N6OS/c1-11-16(18(19(23)24)30(29-11)15-7-3-2-6-13(15)22)20(31)28-21-27-14(10-32-21)17-12(9-25)5-4-8-26-17/h2-8,10,19H,1H3,(H,27,28,31). The number of aromatic nitrogens is 4. The van der Waals surface area contributed by atoms with E-state index in [9.17, 15) is 18.8 Å². The molecule has 0 bridgehead atoms. The molecule has 3 heterocycles. The van der Waals surface area contributed by atoms with Crippen LogP contribution < -0.4 is 5.32 Å². The number of aryl methyl sites for hydroxylation is 1. The molecule has 32 heavy (non-hydrogen) atoms. The molecule has 11 heteroatoms. The molecule has 0 spiro atoms. The van der Waals surface area contributed by atoms with Gasteiger partial charge in [0.05, 0.1) is 27.5 Å². The van der Waals surface area contributed by atoms with Gasteiger partial charge in [-0.05, 0) is 31.2 Å². The number of alkyl halides is 2. The first-order valence-electron chi connectivity index (χ1n) is 9.15. The van der Waals surface area contributed by atoms with Gasteiger partial charge < -0.3 is 0 Å². The first-order valence-corrected chi connectivity index (χ1v) is 10.4. The van der Waals surface area contributed by atoms with Crippen molar-refractivity contribution in [2.75, 3.05) is 5.32 Å². The highest BCUT2D eigenvalue weighted by atomic mass is 35.5. The Kier molecular flexibility index (Phi) is 5.94. The van der Waals surface area contributed by atoms with E-state index >= 15 is 0 Å². The second-order valence-electron chi connectivity index (χ2n) is 6.51. The zero-order valence-corrected chi connectivity index (χ0v) is 18.0. The largest absolute Gasteiger partial charge is 0.298 e. The quantitative estimate of drug-likeness (QED) is 0.420. The van der Waals surface area contributed by atoms with E-state index < -0.39 is 18.0 Å². The minimum absolute atomic E-state index is 0.117. The van der Waals surface area contributed by atoms with Gasteiger partial charge in [-0.15, -0.1) is 11.3 Å². The zero-order chi connectivity index (χ0) is 22.8. The number of hydrogen-bond donors (Lipinski definition) is 1. The molecule has 1 aromatic carbocycles. The number of carbonyl (C=O) groups is 1. The molecule has 0 aliphatic carbocycles. The van der Waals surface area contributed by atoms with E-state index in [-0.39, 0.29) is 27.1 Å². The summed E-state index contributed by atoms with van der Waals surface area (Å²) in [6, 6.07) is 11.6. The average Bonchev–Trinajstić information content (AvgIpc) is 3.38. The minimum atomic E-state index is -2.98. The normalized spacial score (nSPS) is 10.9. The van der Waals surface area contributed by atoms with Gasteiger partial charge >= 0.3 is 0 Å². The van der Waals surface area contributed by atoms with Crippen molar-refractivity contribution in [1.29, 1.82) is 5.26 Å². The molecule has 1 amide bonds. The molecular weight excluding hydrogens is 458 g/mol. The molecule has 0 radical (unpaired) electrons. The zero-order valence-electron chi connectivity index (χ0n) is 16.4. The van der Waals surface area contributed by atoms with Gasteiger partial charge in [0.1, 0.15) is 23.2 Å². The SMILES string of the molecule is Cc1nn(-c2ccccc2Cl)c(C(F)F)c1C(=O)Nc1nc(-c2ncccc2C#N)cs1. The number of amides is 1. The number of para-hydroxylation sites is 1. The van der Waals surface area contributed by atoms with Crippen LogP contribution in [0.3, 0.4) is 0 Å². The molecule has 0 saturated heterocycles. The van der Waals surface area contributed by atoms with Crippen molar-refractivity contribution in [3.63, 3.8) is 0 Å². The molecule has 7 nitrogen and oxygen atoms in total. The number of nitrogens with one attached hydrogen (secondary N) is 1. The maximum Gasteiger partial charge on any atom is 0.281 e. The summed E-state index contributed by atoms with van der Waals surface area (Å²) in [6.07, 6.45) is -1.46. The Labute approximate surface area is 189 Å². The highest BCUT2D eigenvalue weighted by molar-refractivity contribution is 7.14. The van der Waals surface area contributed by atoms with Gasteiger partial charge in [-0.3, -0.25) is 15.1 Å². The Morgan fingerprint density at radius 2 is 2.06 bits per heavy atom. The fourth-order valence-corrected chi connectivity index (χ4v) is 4.04. The van der Waals surface area contributed by atoms with Gasteiger partial charge in [0.15, 0.2) is 5.13 Å². The van der Waals surface area contributed by atoms with Crippen LogP contribution in [0.5, 0.6) is 0 Å². The lowest BCUT2D eigenvalue weighted by Gasteiger charge is -2.10. The summed E-state index contributed by atoms with van der Waals surface area (Å²) in [5.74, 6) is -0.779. The number of anilines is 1. The summed E-state index contributed by atoms with van der Waals surface area (Å²) in [4.78, 5) is 21.4. The maximum absolute atomic E-state index is 14.0. The Bertz CT molecular complexity index is 1360. The fourth-order valence-electron chi connectivity index (χ4n) is 3.13. The molecule has 3 aromatic heterocycles. The summed E-state index contributed by atoms with van der Waals surface area (Å²) in [7, 11) is 0. The number of halogens is 3. The summed E-state index contributed by atoms with van der Waals surface area (Å²) in [6.45, 7) is 1.47. The lowest BCUT2D eigenvalue weighted by Crippen LogP contribution is -2.15. The van der Waals surface area contributed by atoms with Crippen LogP contribution in [0.25, 0.3) is 17.1 Å². The summed E-state index contributed by atoms with van der Waals surface area (Å²) in [5, 5.41) is 17.9. The molecule has 0 aliphatic rings. The number of rotatable bonds is 5. The Balaban J connectivity index is 1.69. The van der Waals surface area contributed by atoms with Crippen molar-refractivity contribution in [2.24, 2.45) is 0 Å². The Morgan fingerprint density at radius 1 is 1.28 bits per heavy atom. The van der Waals surface area contributed by atoms with Crippen LogP contribution in [0.15, 0.2) is 48.0 Å². The number of thiazole rings is 1. The molecule has 0 aliphatic heterocycles. The van der Waals surface area contributed by atoms with Crippen molar-refractivity contribution in [3.8, 4) is 23.1 Å². The van der Waals surface area contributed by atoms with Crippen LogP contribution in [0, 0.1) is 18.3 Å². The second-order valence-corrected chi connectivity index (χ2v) is 7.78. The van der Waals surface area contributed by atoms with Crippen LogP contribution >= 0.6 is 22.9 Å². The van der Waals surface area contributed by atoms with Crippen molar-refractivity contribution in [2.45, 2.75) is 13.3 Å². The maximum atomic E-state index is 14.0. The van der Waals surface area contributed by atoms with Gasteiger partial charge in [0, 0.05) is 11.6 Å². The van der Waals surface area contributed by atoms with E-state index in [4.69, 9.17) is 11.6 Å². The topological polar surface area (TPSA) is 96.5 Å². The van der Waals surface area contributed by atoms with Crippen molar-refractivity contribution in [3.05, 3.63) is 75.5 Å². The molecular formula is C21H13ClF2N6OS. The molecule has 4 rings (SSSR count). The predicted octanol–water partition coefficient (Wildman–Crippen LogP) is 5.41. The van der Waals surface area contributed by atoms with Gasteiger partial charge in [-0.2, -0.15) is 10.4 Å². The lowest BCUT2D eigenvalue weighted by molar-refractivity contribution is 0.100. The van der Waals surface area contributed by atoms with Gasteiger partial charge in [-0.1, -0.05) is 23.7 Å². The molecule has 4 aromatic rings. The number of carbonyl (C=O) groups excluding carboxylic acids is 1. The van der Waals surface area contributed by atoms with Gasteiger partial charge in [-0.25, -0.2) is 18.4 Å². The number of pyridine rings is 1. The highest BCUT2D eigenvalue weighted by Gasteiger charge is 2.29. The fraction of sp³-hybridized carbons (Fsp3) is 0.0952. The minimum Gasteiger partial charge on any atom is -0.298 e. The first kappa shape index (κ1) is 21.5. The molecule has 0 unspecified atom stereocenters. The number of nitrogens with zero attached hydrogens (tertiary/aromatic N) is 5. The van der Waals surface area contributed by atoms with E-state index in [1.807, 2.05) is 6.07 Å². The summed E-state index contributed by atoms with van der Waals surface area (Å²) in [5.41, 5.74) is 0.609. The lowest BCUT2D eigenvalue weighted by atomic mass is 10.1. The number of nitriles is 1. The summed E-state index contributed by atoms with van der Waals surface area (Å²) >= 11 is 7.23. The van der Waals surface area contributed by atoms with Gasteiger partial charge in [0.2, 0.25) is 0 Å². The first-order chi connectivity index (χ1) is 15.4. The number of hydrogen-bond acceptors (Lipinski definition) is 6. The molecule has 160 valence electrons. The monoisotopic (exact) mass is 470 g/mol. The summed E-state index contributed by atoms with van der Waals surface area (Å²) < 4.78 is 29.0. The van der Waals surface area contributed by atoms with Crippen molar-refractivity contribution < 1.29 is 13.6 Å².